The van der Waals surface area contributed by atoms with Gasteiger partial charge in [-0.15, -0.1) is 0 Å². The molecule has 0 atom stereocenters. The summed E-state index contributed by atoms with van der Waals surface area (Å²) in [5, 5.41) is 8.47. The minimum Gasteiger partial charge on any atom is -0.353 e. The van der Waals surface area contributed by atoms with E-state index in [1.165, 1.54) is 0 Å². The van der Waals surface area contributed by atoms with Gasteiger partial charge in [-0.25, -0.2) is 9.78 Å². The fraction of sp³-hybridized carbons (Fsp3) is 0.357. The van der Waals surface area contributed by atoms with Crippen molar-refractivity contribution >= 4 is 22.8 Å². The number of aryl methyl sites for hydroxylation is 1. The molecular weight excluding hydrogens is 450 g/mol. The summed E-state index contributed by atoms with van der Waals surface area (Å²) < 4.78 is 1.81. The van der Waals surface area contributed by atoms with Crippen LogP contribution in [0.15, 0.2) is 61.2 Å². The predicted octanol–water partition coefficient (Wildman–Crippen LogP) is 4.58. The van der Waals surface area contributed by atoms with Crippen LogP contribution in [-0.4, -0.2) is 63.4 Å². The van der Waals surface area contributed by atoms with E-state index in [0.717, 1.165) is 52.1 Å². The number of nitrogens with zero attached hydrogens (tertiary/aromatic N) is 6. The van der Waals surface area contributed by atoms with Gasteiger partial charge in [0.15, 0.2) is 0 Å². The number of rotatable bonds is 4. The van der Waals surface area contributed by atoms with Crippen LogP contribution in [0.1, 0.15) is 20.8 Å². The van der Waals surface area contributed by atoms with Gasteiger partial charge in [0.1, 0.15) is 5.82 Å². The highest BCUT2D eigenvalue weighted by Crippen LogP contribution is 2.33. The van der Waals surface area contributed by atoms with Crippen LogP contribution >= 0.6 is 0 Å². The van der Waals surface area contributed by atoms with Gasteiger partial charge in [0.2, 0.25) is 0 Å². The average Bonchev–Trinajstić information content (AvgIpc) is 3.32. The normalized spacial score (nSPS) is 14.3. The Kier molecular flexibility index (Phi) is 6.35. The number of carbonyl (C=O) groups excluding carboxylic acids is 1. The van der Waals surface area contributed by atoms with E-state index in [4.69, 9.17) is 4.98 Å². The molecule has 0 spiro atoms. The van der Waals surface area contributed by atoms with Gasteiger partial charge in [-0.2, -0.15) is 5.10 Å². The van der Waals surface area contributed by atoms with E-state index in [-0.39, 0.29) is 11.4 Å². The van der Waals surface area contributed by atoms with Crippen LogP contribution in [0.2, 0.25) is 0 Å². The van der Waals surface area contributed by atoms with Crippen molar-refractivity contribution in [3.8, 4) is 22.3 Å². The number of benzene rings is 1. The van der Waals surface area contributed by atoms with Crippen molar-refractivity contribution in [1.29, 1.82) is 0 Å². The number of amides is 2. The molecule has 1 aromatic carbocycles. The molecule has 4 aromatic rings. The molecule has 2 amide bonds. The molecule has 4 heterocycles. The van der Waals surface area contributed by atoms with E-state index < -0.39 is 0 Å². The maximum absolute atomic E-state index is 12.5. The minimum atomic E-state index is 0.0156. The number of fused-ring (bicyclic) bond motifs is 1. The summed E-state index contributed by atoms with van der Waals surface area (Å²) in [4.78, 5) is 26.0. The van der Waals surface area contributed by atoms with Crippen molar-refractivity contribution in [2.75, 3.05) is 37.6 Å². The Morgan fingerprint density at radius 1 is 0.972 bits per heavy atom. The van der Waals surface area contributed by atoms with E-state index in [1.54, 1.807) is 0 Å². The first-order chi connectivity index (χ1) is 17.3. The lowest BCUT2D eigenvalue weighted by molar-refractivity contribution is 0.189. The summed E-state index contributed by atoms with van der Waals surface area (Å²) >= 11 is 0. The Hall–Kier alpha value is -3.94. The molecule has 1 saturated heterocycles. The molecule has 5 rings (SSSR count). The molecule has 0 aliphatic carbocycles. The molecule has 8 nitrogen and oxygen atoms in total. The van der Waals surface area contributed by atoms with Gasteiger partial charge >= 0.3 is 6.03 Å². The summed E-state index contributed by atoms with van der Waals surface area (Å²) in [6.07, 6.45) is 7.65. The molecule has 0 saturated carbocycles. The Bertz CT molecular complexity index is 1360. The van der Waals surface area contributed by atoms with Crippen LogP contribution in [0.5, 0.6) is 0 Å². The van der Waals surface area contributed by atoms with Crippen LogP contribution in [0.4, 0.5) is 10.6 Å². The van der Waals surface area contributed by atoms with Gasteiger partial charge in [-0.1, -0.05) is 26.8 Å². The van der Waals surface area contributed by atoms with E-state index in [2.05, 4.69) is 71.4 Å². The maximum Gasteiger partial charge on any atom is 0.317 e. The number of aromatic nitrogens is 4. The highest BCUT2D eigenvalue weighted by Gasteiger charge is 2.23. The Balaban J connectivity index is 1.33. The molecule has 1 N–H and O–H groups in total. The second-order valence-electron chi connectivity index (χ2n) is 10.6. The van der Waals surface area contributed by atoms with Crippen molar-refractivity contribution in [2.45, 2.75) is 20.8 Å². The predicted molar refractivity (Wildman–Crippen MR) is 144 cm³/mol. The van der Waals surface area contributed by atoms with E-state index in [0.29, 0.717) is 19.6 Å². The highest BCUT2D eigenvalue weighted by atomic mass is 16.2. The van der Waals surface area contributed by atoms with Gasteiger partial charge in [-0.3, -0.25) is 9.67 Å². The second kappa shape index (κ2) is 9.60. The number of urea groups is 1. The zero-order valence-corrected chi connectivity index (χ0v) is 21.4. The summed E-state index contributed by atoms with van der Waals surface area (Å²) in [5.74, 6) is 0.930. The van der Waals surface area contributed by atoms with Crippen LogP contribution in [-0.2, 0) is 7.05 Å². The summed E-state index contributed by atoms with van der Waals surface area (Å²) in [6.45, 7) is 9.92. The molecule has 1 aliphatic heterocycles. The molecule has 186 valence electrons. The second-order valence-corrected chi connectivity index (χ2v) is 10.6. The quantitative estimate of drug-likeness (QED) is 0.460. The highest BCUT2D eigenvalue weighted by molar-refractivity contribution is 5.98. The number of hydrogen-bond acceptors (Lipinski definition) is 5. The summed E-state index contributed by atoms with van der Waals surface area (Å²) in [7, 11) is 1.92. The van der Waals surface area contributed by atoms with Gasteiger partial charge in [0, 0.05) is 74.9 Å². The van der Waals surface area contributed by atoms with E-state index in [1.807, 2.05) is 47.5 Å². The Morgan fingerprint density at radius 3 is 2.44 bits per heavy atom. The molecule has 1 aliphatic rings. The van der Waals surface area contributed by atoms with Crippen molar-refractivity contribution in [2.24, 2.45) is 12.5 Å². The molecule has 3 aromatic heterocycles. The van der Waals surface area contributed by atoms with E-state index >= 15 is 0 Å². The third-order valence-corrected chi connectivity index (χ3v) is 6.48. The van der Waals surface area contributed by atoms with Crippen LogP contribution in [0.25, 0.3) is 33.2 Å². The third-order valence-electron chi connectivity index (χ3n) is 6.48. The third kappa shape index (κ3) is 5.17. The first-order valence-corrected chi connectivity index (χ1v) is 12.4. The lowest BCUT2D eigenvalue weighted by atomic mass is 9.97. The molecular formula is C28H33N7O. The van der Waals surface area contributed by atoms with Gasteiger partial charge in [0.05, 0.1) is 11.7 Å². The van der Waals surface area contributed by atoms with Gasteiger partial charge < -0.3 is 15.1 Å². The first-order valence-electron chi connectivity index (χ1n) is 12.4. The lowest BCUT2D eigenvalue weighted by Crippen LogP contribution is -2.52. The topological polar surface area (TPSA) is 79.2 Å². The number of nitrogens with one attached hydrogen (secondary N) is 1. The van der Waals surface area contributed by atoms with Crippen LogP contribution < -0.4 is 10.2 Å². The zero-order chi connectivity index (χ0) is 25.3. The molecule has 8 heteroatoms. The van der Waals surface area contributed by atoms with Crippen molar-refractivity contribution in [3.63, 3.8) is 0 Å². The van der Waals surface area contributed by atoms with Crippen molar-refractivity contribution in [1.82, 2.24) is 30.0 Å². The Labute approximate surface area is 212 Å². The standard InChI is InChI=1S/C28H33N7O/c1-28(2,3)19-31-27(36)35-12-10-34(11-13-35)26-8-7-20(16-30-26)24-14-21(22-17-32-33(4)18-22)15-25-23(24)6-5-9-29-25/h5-9,14-18H,10-13,19H2,1-4H3,(H,31,36). The average molecular weight is 484 g/mol. The van der Waals surface area contributed by atoms with Gasteiger partial charge in [0.25, 0.3) is 0 Å². The monoisotopic (exact) mass is 483 g/mol. The van der Waals surface area contributed by atoms with Gasteiger partial charge in [-0.05, 0) is 46.9 Å². The largest absolute Gasteiger partial charge is 0.353 e. The lowest BCUT2D eigenvalue weighted by Gasteiger charge is -2.36. The van der Waals surface area contributed by atoms with E-state index in [9.17, 15) is 4.79 Å². The molecule has 0 radical (unpaired) electrons. The van der Waals surface area contributed by atoms with Crippen molar-refractivity contribution < 1.29 is 4.79 Å². The number of pyridine rings is 2. The molecule has 0 bridgehead atoms. The van der Waals surface area contributed by atoms with Crippen molar-refractivity contribution in [3.05, 3.63) is 61.2 Å². The Morgan fingerprint density at radius 2 is 1.78 bits per heavy atom. The molecule has 1 fully saturated rings. The number of anilines is 1. The fourth-order valence-electron chi connectivity index (χ4n) is 4.48. The zero-order valence-electron chi connectivity index (χ0n) is 21.4. The van der Waals surface area contributed by atoms with Crippen LogP contribution in [0, 0.1) is 5.41 Å². The number of hydrogen-bond donors (Lipinski definition) is 1. The number of carbonyl (C=O) groups is 1. The first kappa shape index (κ1) is 23.8. The molecule has 0 unspecified atom stereocenters. The SMILES string of the molecule is Cn1cc(-c2cc(-c3ccc(N4CCN(C(=O)NCC(C)(C)C)CC4)nc3)c3cccnc3c2)cn1. The van der Waals surface area contributed by atoms with Crippen LogP contribution in [0.3, 0.4) is 0 Å². The minimum absolute atomic E-state index is 0.0156. The summed E-state index contributed by atoms with van der Waals surface area (Å²) in [6, 6.07) is 12.6. The molecule has 36 heavy (non-hydrogen) atoms. The smallest absolute Gasteiger partial charge is 0.317 e. The number of piperazine rings is 1. The summed E-state index contributed by atoms with van der Waals surface area (Å²) in [5.41, 5.74) is 5.29. The fourth-order valence-corrected chi connectivity index (χ4v) is 4.48. The maximum atomic E-state index is 12.5.